The summed E-state index contributed by atoms with van der Waals surface area (Å²) in [6.07, 6.45) is 14.6. The third-order valence-electron chi connectivity index (χ3n) is 6.32. The second-order valence-electron chi connectivity index (χ2n) is 8.60. The summed E-state index contributed by atoms with van der Waals surface area (Å²) in [5.74, 6) is 2.46. The Bertz CT molecular complexity index is 739. The van der Waals surface area contributed by atoms with Gasteiger partial charge in [-0.05, 0) is 92.0 Å². The Morgan fingerprint density at radius 3 is 2.17 bits per heavy atom. The molecule has 1 aliphatic carbocycles. The number of allylic oxidation sites excluding steroid dienone is 2. The Morgan fingerprint density at radius 2 is 1.53 bits per heavy atom. The lowest BCUT2D eigenvalue weighted by Crippen LogP contribution is -2.12. The van der Waals surface area contributed by atoms with E-state index in [-0.39, 0.29) is 6.67 Å². The normalized spacial score (nSPS) is 19.3. The molecule has 3 rings (SSSR count). The number of benzene rings is 2. The van der Waals surface area contributed by atoms with E-state index in [9.17, 15) is 4.39 Å². The number of unbranched alkanes of at least 4 members (excludes halogenated alkanes) is 2. The summed E-state index contributed by atoms with van der Waals surface area (Å²) in [5, 5.41) is 0. The van der Waals surface area contributed by atoms with Crippen LogP contribution in [0.25, 0.3) is 11.1 Å². The smallest absolute Gasteiger partial charge is 0.119 e. The monoisotopic (exact) mass is 408 g/mol. The lowest BCUT2D eigenvalue weighted by atomic mass is 9.77. The van der Waals surface area contributed by atoms with Gasteiger partial charge in [0.05, 0.1) is 13.3 Å². The van der Waals surface area contributed by atoms with E-state index in [1.165, 1.54) is 42.4 Å². The van der Waals surface area contributed by atoms with Crippen molar-refractivity contribution in [3.63, 3.8) is 0 Å². The topological polar surface area (TPSA) is 9.23 Å². The Balaban J connectivity index is 1.47. The SMILES string of the molecule is CCCCOc1ccc(-c2ccc([C@H]3CC[C@H](CC=CCCCF)CC3)cc2)cc1. The number of ether oxygens (including phenoxy) is 1. The highest BCUT2D eigenvalue weighted by atomic mass is 19.1. The first-order chi connectivity index (χ1) is 14.8. The molecule has 0 spiro atoms. The lowest BCUT2D eigenvalue weighted by Gasteiger charge is -2.28. The van der Waals surface area contributed by atoms with Gasteiger partial charge in [-0.1, -0.05) is 61.9 Å². The van der Waals surface area contributed by atoms with Crippen molar-refractivity contribution in [2.75, 3.05) is 13.3 Å². The zero-order chi connectivity index (χ0) is 21.0. The Morgan fingerprint density at radius 1 is 0.867 bits per heavy atom. The predicted molar refractivity (Wildman–Crippen MR) is 126 cm³/mol. The van der Waals surface area contributed by atoms with Gasteiger partial charge in [-0.15, -0.1) is 0 Å². The fourth-order valence-electron chi connectivity index (χ4n) is 4.36. The summed E-state index contributed by atoms with van der Waals surface area (Å²) in [6, 6.07) is 17.6. The van der Waals surface area contributed by atoms with Crippen LogP contribution in [-0.2, 0) is 0 Å². The molecule has 0 saturated heterocycles. The summed E-state index contributed by atoms with van der Waals surface area (Å²) in [5.41, 5.74) is 3.99. The van der Waals surface area contributed by atoms with E-state index in [0.717, 1.165) is 44.0 Å². The van der Waals surface area contributed by atoms with Gasteiger partial charge in [0.1, 0.15) is 5.75 Å². The first kappa shape index (κ1) is 22.6. The van der Waals surface area contributed by atoms with Crippen LogP contribution in [0.1, 0.15) is 76.2 Å². The first-order valence-electron chi connectivity index (χ1n) is 11.8. The van der Waals surface area contributed by atoms with E-state index in [4.69, 9.17) is 4.74 Å². The van der Waals surface area contributed by atoms with Crippen LogP contribution in [0, 0.1) is 5.92 Å². The number of halogens is 1. The Labute approximate surface area is 182 Å². The third-order valence-corrected chi connectivity index (χ3v) is 6.32. The highest BCUT2D eigenvalue weighted by Crippen LogP contribution is 2.37. The Hall–Kier alpha value is -2.09. The summed E-state index contributed by atoms with van der Waals surface area (Å²) in [7, 11) is 0. The molecule has 0 heterocycles. The van der Waals surface area contributed by atoms with Gasteiger partial charge in [-0.25, -0.2) is 0 Å². The second-order valence-corrected chi connectivity index (χ2v) is 8.60. The van der Waals surface area contributed by atoms with Crippen LogP contribution in [0.15, 0.2) is 60.7 Å². The fraction of sp³-hybridized carbons (Fsp3) is 0.500. The van der Waals surface area contributed by atoms with Crippen LogP contribution in [0.5, 0.6) is 5.75 Å². The number of hydrogen-bond donors (Lipinski definition) is 0. The van der Waals surface area contributed by atoms with E-state index in [1.807, 2.05) is 0 Å². The molecule has 0 radical (unpaired) electrons. The van der Waals surface area contributed by atoms with Crippen LogP contribution >= 0.6 is 0 Å². The molecular weight excluding hydrogens is 371 g/mol. The van der Waals surface area contributed by atoms with Gasteiger partial charge in [0.15, 0.2) is 0 Å². The van der Waals surface area contributed by atoms with Crippen molar-refractivity contribution in [3.05, 3.63) is 66.2 Å². The minimum absolute atomic E-state index is 0.201. The molecule has 1 nitrogen and oxygen atoms in total. The molecule has 0 aliphatic heterocycles. The van der Waals surface area contributed by atoms with Crippen molar-refractivity contribution in [1.29, 1.82) is 0 Å². The average molecular weight is 409 g/mol. The largest absolute Gasteiger partial charge is 0.494 e. The number of alkyl halides is 1. The van der Waals surface area contributed by atoms with E-state index in [0.29, 0.717) is 12.3 Å². The molecular formula is C28H37FO. The van der Waals surface area contributed by atoms with Crippen LogP contribution < -0.4 is 4.74 Å². The zero-order valence-corrected chi connectivity index (χ0v) is 18.5. The van der Waals surface area contributed by atoms with Gasteiger partial charge in [0.25, 0.3) is 0 Å². The summed E-state index contributed by atoms with van der Waals surface area (Å²) in [4.78, 5) is 0. The van der Waals surface area contributed by atoms with Crippen molar-refractivity contribution < 1.29 is 9.13 Å². The molecule has 162 valence electrons. The molecule has 2 heteroatoms. The zero-order valence-electron chi connectivity index (χ0n) is 18.5. The van der Waals surface area contributed by atoms with E-state index < -0.39 is 0 Å². The summed E-state index contributed by atoms with van der Waals surface area (Å²) in [6.45, 7) is 2.77. The second kappa shape index (κ2) is 12.6. The molecule has 1 saturated carbocycles. The third kappa shape index (κ3) is 7.00. The minimum Gasteiger partial charge on any atom is -0.494 e. The number of hydrogen-bond acceptors (Lipinski definition) is 1. The quantitative estimate of drug-likeness (QED) is 0.267. The maximum Gasteiger partial charge on any atom is 0.119 e. The molecule has 30 heavy (non-hydrogen) atoms. The predicted octanol–water partition coefficient (Wildman–Crippen LogP) is 8.50. The minimum atomic E-state index is -0.201. The molecule has 1 fully saturated rings. The van der Waals surface area contributed by atoms with E-state index in [1.54, 1.807) is 0 Å². The van der Waals surface area contributed by atoms with Gasteiger partial charge in [0, 0.05) is 0 Å². The van der Waals surface area contributed by atoms with Crippen LogP contribution in [-0.4, -0.2) is 13.3 Å². The molecule has 0 aromatic heterocycles. The first-order valence-corrected chi connectivity index (χ1v) is 11.8. The maximum absolute atomic E-state index is 12.1. The molecule has 0 unspecified atom stereocenters. The van der Waals surface area contributed by atoms with Crippen molar-refractivity contribution >= 4 is 0 Å². The molecule has 2 aromatic carbocycles. The molecule has 0 atom stereocenters. The average Bonchev–Trinajstić information content (AvgIpc) is 2.80. The summed E-state index contributed by atoms with van der Waals surface area (Å²) < 4.78 is 17.9. The van der Waals surface area contributed by atoms with Crippen molar-refractivity contribution in [3.8, 4) is 16.9 Å². The molecule has 2 aromatic rings. The lowest BCUT2D eigenvalue weighted by molar-refractivity contribution is 0.309. The summed E-state index contributed by atoms with van der Waals surface area (Å²) >= 11 is 0. The number of rotatable bonds is 11. The van der Waals surface area contributed by atoms with Crippen molar-refractivity contribution in [2.24, 2.45) is 5.92 Å². The molecule has 0 N–H and O–H groups in total. The molecule has 1 aliphatic rings. The Kier molecular flexibility index (Phi) is 9.47. The molecule has 0 bridgehead atoms. The highest BCUT2D eigenvalue weighted by Gasteiger charge is 2.21. The maximum atomic E-state index is 12.1. The van der Waals surface area contributed by atoms with Crippen LogP contribution in [0.3, 0.4) is 0 Å². The highest BCUT2D eigenvalue weighted by molar-refractivity contribution is 5.64. The van der Waals surface area contributed by atoms with Crippen LogP contribution in [0.4, 0.5) is 4.39 Å². The van der Waals surface area contributed by atoms with E-state index >= 15 is 0 Å². The van der Waals surface area contributed by atoms with Gasteiger partial charge >= 0.3 is 0 Å². The van der Waals surface area contributed by atoms with Gasteiger partial charge in [0.2, 0.25) is 0 Å². The van der Waals surface area contributed by atoms with Crippen molar-refractivity contribution in [2.45, 2.75) is 70.6 Å². The van der Waals surface area contributed by atoms with Crippen LogP contribution in [0.2, 0.25) is 0 Å². The van der Waals surface area contributed by atoms with E-state index in [2.05, 4.69) is 67.6 Å². The molecule has 0 amide bonds. The van der Waals surface area contributed by atoms with Gasteiger partial charge in [-0.2, -0.15) is 0 Å². The fourth-order valence-corrected chi connectivity index (χ4v) is 4.36. The van der Waals surface area contributed by atoms with Crippen molar-refractivity contribution in [1.82, 2.24) is 0 Å². The van der Waals surface area contributed by atoms with Gasteiger partial charge < -0.3 is 4.74 Å². The standard InChI is InChI=1S/C28H37FO/c1-2-3-22-30-28-19-17-27(18-20-28)26-15-13-25(14-16-26)24-11-9-23(10-12-24)8-6-4-5-7-21-29/h4,6,13-20,23-24H,2-3,5,7-12,21-22H2,1H3/t23-,24-. The van der Waals surface area contributed by atoms with Gasteiger partial charge in [-0.3, -0.25) is 4.39 Å².